The summed E-state index contributed by atoms with van der Waals surface area (Å²) in [6, 6.07) is 59.0. The van der Waals surface area contributed by atoms with Gasteiger partial charge in [0.2, 0.25) is 0 Å². The fourth-order valence-electron chi connectivity index (χ4n) is 7.13. The van der Waals surface area contributed by atoms with Crippen molar-refractivity contribution in [3.05, 3.63) is 170 Å². The molecule has 0 atom stereocenters. The minimum Gasteiger partial charge on any atom is -0.248 e. The van der Waals surface area contributed by atoms with Gasteiger partial charge >= 0.3 is 0 Å². The highest BCUT2D eigenvalue weighted by Gasteiger charge is 2.16. The lowest BCUT2D eigenvalue weighted by molar-refractivity contribution is 1.36. The van der Waals surface area contributed by atoms with Crippen molar-refractivity contribution in [2.75, 3.05) is 0 Å². The number of hydrogen-bond donors (Lipinski definition) is 0. The number of hydrogen-bond acceptors (Lipinski definition) is 4. The molecule has 0 radical (unpaired) electrons. The smallest absolute Gasteiger partial charge is 0.0972 e. The van der Waals surface area contributed by atoms with Crippen LogP contribution in [0.4, 0.5) is 0 Å². The van der Waals surface area contributed by atoms with Gasteiger partial charge in [-0.1, -0.05) is 133 Å². The maximum absolute atomic E-state index is 5.26. The van der Waals surface area contributed by atoms with Crippen molar-refractivity contribution in [1.82, 2.24) is 19.9 Å². The van der Waals surface area contributed by atoms with E-state index in [1.807, 2.05) is 36.4 Å². The van der Waals surface area contributed by atoms with Crippen molar-refractivity contribution in [3.8, 4) is 45.0 Å². The summed E-state index contributed by atoms with van der Waals surface area (Å²) < 4.78 is 0. The number of rotatable bonds is 4. The van der Waals surface area contributed by atoms with Crippen molar-refractivity contribution in [1.29, 1.82) is 0 Å². The zero-order valence-electron chi connectivity index (χ0n) is 27.0. The van der Waals surface area contributed by atoms with Crippen LogP contribution in [0.25, 0.3) is 99.4 Å². The molecule has 0 aliphatic heterocycles. The quantitative estimate of drug-likeness (QED) is 0.180. The van der Waals surface area contributed by atoms with Crippen LogP contribution in [0, 0.1) is 0 Å². The lowest BCUT2D eigenvalue weighted by Gasteiger charge is -2.14. The van der Waals surface area contributed by atoms with Gasteiger partial charge in [-0.05, 0) is 41.8 Å². The van der Waals surface area contributed by atoms with E-state index in [1.54, 1.807) is 0 Å². The minimum absolute atomic E-state index is 0.901. The SMILES string of the molecule is c1ccc(-c2ccc3c(ccc4c5ccccc5nc(-c5ccc(-c6ccc7ccc8ccc(-c9ccccc9)nc8c7n6)cc5)c34)n2)cc1. The second kappa shape index (κ2) is 11.4. The zero-order chi connectivity index (χ0) is 33.0. The molecule has 10 rings (SSSR count). The highest BCUT2D eigenvalue weighted by Crippen LogP contribution is 2.38. The second-order valence-electron chi connectivity index (χ2n) is 12.6. The summed E-state index contributed by atoms with van der Waals surface area (Å²) in [5.74, 6) is 0. The van der Waals surface area contributed by atoms with Gasteiger partial charge in [0.15, 0.2) is 0 Å². The van der Waals surface area contributed by atoms with Crippen molar-refractivity contribution >= 4 is 54.4 Å². The molecule has 0 aliphatic carbocycles. The first-order valence-corrected chi connectivity index (χ1v) is 16.8. The monoisotopic (exact) mass is 636 g/mol. The van der Waals surface area contributed by atoms with E-state index >= 15 is 0 Å². The van der Waals surface area contributed by atoms with Gasteiger partial charge in [-0.2, -0.15) is 0 Å². The van der Waals surface area contributed by atoms with Crippen LogP contribution < -0.4 is 0 Å². The summed E-state index contributed by atoms with van der Waals surface area (Å²) in [4.78, 5) is 20.6. The maximum atomic E-state index is 5.26. The lowest BCUT2D eigenvalue weighted by Crippen LogP contribution is -1.93. The Bertz CT molecular complexity index is 2900. The summed E-state index contributed by atoms with van der Waals surface area (Å²) in [5.41, 5.74) is 11.8. The number of nitrogens with zero attached hydrogens (tertiary/aromatic N) is 4. The first-order chi connectivity index (χ1) is 24.8. The summed E-state index contributed by atoms with van der Waals surface area (Å²) in [7, 11) is 0. The molecule has 0 spiro atoms. The van der Waals surface area contributed by atoms with E-state index < -0.39 is 0 Å². The predicted molar refractivity (Wildman–Crippen MR) is 207 cm³/mol. The number of pyridine rings is 4. The van der Waals surface area contributed by atoms with Crippen molar-refractivity contribution in [2.45, 2.75) is 0 Å². The molecule has 0 saturated carbocycles. The molecule has 50 heavy (non-hydrogen) atoms. The third kappa shape index (κ3) is 4.69. The van der Waals surface area contributed by atoms with Gasteiger partial charge in [-0.25, -0.2) is 19.9 Å². The largest absolute Gasteiger partial charge is 0.248 e. The van der Waals surface area contributed by atoms with Gasteiger partial charge in [0.05, 0.1) is 44.8 Å². The van der Waals surface area contributed by atoms with E-state index in [0.717, 1.165) is 94.0 Å². The van der Waals surface area contributed by atoms with Gasteiger partial charge in [0.25, 0.3) is 0 Å². The molecule has 0 N–H and O–H groups in total. The van der Waals surface area contributed by atoms with E-state index in [4.69, 9.17) is 19.9 Å². The molecule has 0 aliphatic rings. The molecule has 4 nitrogen and oxygen atoms in total. The summed E-state index contributed by atoms with van der Waals surface area (Å²) >= 11 is 0. The summed E-state index contributed by atoms with van der Waals surface area (Å²) in [6.45, 7) is 0. The van der Waals surface area contributed by atoms with Crippen LogP contribution in [-0.4, -0.2) is 19.9 Å². The highest BCUT2D eigenvalue weighted by atomic mass is 14.8. The van der Waals surface area contributed by atoms with Gasteiger partial charge in [-0.15, -0.1) is 0 Å². The van der Waals surface area contributed by atoms with E-state index in [-0.39, 0.29) is 0 Å². The van der Waals surface area contributed by atoms with Gasteiger partial charge in [0, 0.05) is 49.2 Å². The number of fused-ring (bicyclic) bond motifs is 8. The Balaban J connectivity index is 1.11. The third-order valence-corrected chi connectivity index (χ3v) is 9.65. The minimum atomic E-state index is 0.901. The van der Waals surface area contributed by atoms with Crippen LogP contribution in [0.2, 0.25) is 0 Å². The topological polar surface area (TPSA) is 51.6 Å². The molecular formula is C46H28N4. The standard InChI is InChI=1S/C46H28N4/c1-3-9-29(10-4-1)38-27-24-37-42(47-38)28-23-36-35-13-7-8-14-41(35)50-44(43(36)37)32-17-15-31(16-18-32)40-26-22-34-20-19-33-21-25-39(30-11-5-2-6-12-30)48-45(33)46(34)49-40/h1-28H. The van der Waals surface area contributed by atoms with Gasteiger partial charge in [0.1, 0.15) is 0 Å². The molecule has 0 saturated heterocycles. The number of para-hydroxylation sites is 1. The van der Waals surface area contributed by atoms with Crippen molar-refractivity contribution in [2.24, 2.45) is 0 Å². The Morgan fingerprint density at radius 1 is 0.280 bits per heavy atom. The second-order valence-corrected chi connectivity index (χ2v) is 12.6. The third-order valence-electron chi connectivity index (χ3n) is 9.65. The fourth-order valence-corrected chi connectivity index (χ4v) is 7.13. The fraction of sp³-hybridized carbons (Fsp3) is 0. The Kier molecular flexibility index (Phi) is 6.46. The van der Waals surface area contributed by atoms with E-state index in [2.05, 4.69) is 133 Å². The van der Waals surface area contributed by atoms with E-state index in [9.17, 15) is 0 Å². The molecule has 10 aromatic rings. The molecule has 232 valence electrons. The normalized spacial score (nSPS) is 11.6. The van der Waals surface area contributed by atoms with E-state index in [1.165, 1.54) is 5.39 Å². The number of aromatic nitrogens is 4. The Hall–Kier alpha value is -6.78. The van der Waals surface area contributed by atoms with Gasteiger partial charge < -0.3 is 0 Å². The van der Waals surface area contributed by atoms with E-state index in [0.29, 0.717) is 0 Å². The molecular weight excluding hydrogens is 609 g/mol. The van der Waals surface area contributed by atoms with Crippen molar-refractivity contribution in [3.63, 3.8) is 0 Å². The summed E-state index contributed by atoms with van der Waals surface area (Å²) in [6.07, 6.45) is 0. The van der Waals surface area contributed by atoms with Crippen LogP contribution in [0.15, 0.2) is 170 Å². The molecule has 0 fully saturated rings. The lowest BCUT2D eigenvalue weighted by atomic mass is 9.95. The Labute approximate surface area is 288 Å². The van der Waals surface area contributed by atoms with Crippen molar-refractivity contribution < 1.29 is 0 Å². The molecule has 4 heterocycles. The molecule has 0 bridgehead atoms. The Morgan fingerprint density at radius 2 is 0.760 bits per heavy atom. The number of benzene rings is 6. The van der Waals surface area contributed by atoms with Crippen LogP contribution in [0.3, 0.4) is 0 Å². The highest BCUT2D eigenvalue weighted by molar-refractivity contribution is 6.20. The van der Waals surface area contributed by atoms with Crippen LogP contribution in [0.1, 0.15) is 0 Å². The molecule has 0 amide bonds. The molecule has 0 unspecified atom stereocenters. The zero-order valence-corrected chi connectivity index (χ0v) is 27.0. The molecule has 4 heteroatoms. The van der Waals surface area contributed by atoms with Crippen LogP contribution in [-0.2, 0) is 0 Å². The molecule has 4 aromatic heterocycles. The average molecular weight is 637 g/mol. The Morgan fingerprint density at radius 3 is 1.42 bits per heavy atom. The average Bonchev–Trinajstić information content (AvgIpc) is 3.20. The first kappa shape index (κ1) is 28.3. The first-order valence-electron chi connectivity index (χ1n) is 16.8. The van der Waals surface area contributed by atoms with Gasteiger partial charge in [-0.3, -0.25) is 0 Å². The maximum Gasteiger partial charge on any atom is 0.0972 e. The van der Waals surface area contributed by atoms with Crippen LogP contribution >= 0.6 is 0 Å². The van der Waals surface area contributed by atoms with Crippen LogP contribution in [0.5, 0.6) is 0 Å². The predicted octanol–water partition coefficient (Wildman–Crippen LogP) is 11.7. The summed E-state index contributed by atoms with van der Waals surface area (Å²) in [5, 5.41) is 6.64. The molecule has 6 aromatic carbocycles.